The molecular formula is C12H16N4O2S3. The topological polar surface area (TPSA) is 79.5 Å². The summed E-state index contributed by atoms with van der Waals surface area (Å²) < 4.78 is 27.1. The molecule has 2 N–H and O–H groups in total. The van der Waals surface area contributed by atoms with Crippen molar-refractivity contribution in [3.05, 3.63) is 28.6 Å². The predicted molar refractivity (Wildman–Crippen MR) is 85.3 cm³/mol. The van der Waals surface area contributed by atoms with Crippen LogP contribution < -0.4 is 10.6 Å². The molecule has 0 aliphatic carbocycles. The van der Waals surface area contributed by atoms with Crippen molar-refractivity contribution in [3.63, 3.8) is 0 Å². The maximum atomic E-state index is 12.6. The Morgan fingerprint density at radius 2 is 2.00 bits per heavy atom. The Hall–Kier alpha value is -1.00. The van der Waals surface area contributed by atoms with E-state index >= 15 is 0 Å². The summed E-state index contributed by atoms with van der Waals surface area (Å²) in [4.78, 5) is 6.39. The molecule has 0 amide bonds. The van der Waals surface area contributed by atoms with Crippen LogP contribution in [0.3, 0.4) is 0 Å². The van der Waals surface area contributed by atoms with E-state index in [2.05, 4.69) is 9.88 Å². The molecule has 2 aromatic rings. The SMILES string of the molecule is NCc1csc(S(=O)(=O)N2CCN(c3nccs3)CC2)c1. The second kappa shape index (κ2) is 6.01. The largest absolute Gasteiger partial charge is 0.345 e. The lowest BCUT2D eigenvalue weighted by atomic mass is 10.4. The third-order valence-corrected chi connectivity index (χ3v) is 7.58. The zero-order valence-corrected chi connectivity index (χ0v) is 13.8. The van der Waals surface area contributed by atoms with Crippen LogP contribution in [0.15, 0.2) is 27.2 Å². The van der Waals surface area contributed by atoms with E-state index in [9.17, 15) is 8.42 Å². The van der Waals surface area contributed by atoms with Crippen molar-refractivity contribution in [2.45, 2.75) is 10.8 Å². The molecule has 1 aliphatic rings. The van der Waals surface area contributed by atoms with Crippen LogP contribution in [0.4, 0.5) is 5.13 Å². The Kier molecular flexibility index (Phi) is 4.27. The fraction of sp³-hybridized carbons (Fsp3) is 0.417. The minimum Gasteiger partial charge on any atom is -0.345 e. The van der Waals surface area contributed by atoms with E-state index in [4.69, 9.17) is 5.73 Å². The average molecular weight is 344 g/mol. The van der Waals surface area contributed by atoms with E-state index in [-0.39, 0.29) is 0 Å². The van der Waals surface area contributed by atoms with E-state index < -0.39 is 10.0 Å². The van der Waals surface area contributed by atoms with E-state index in [1.807, 2.05) is 5.38 Å². The molecule has 114 valence electrons. The van der Waals surface area contributed by atoms with Gasteiger partial charge in [-0.2, -0.15) is 4.31 Å². The summed E-state index contributed by atoms with van der Waals surface area (Å²) in [5, 5.41) is 4.69. The minimum atomic E-state index is -3.39. The van der Waals surface area contributed by atoms with Crippen LogP contribution in [0.2, 0.25) is 0 Å². The predicted octanol–water partition coefficient (Wildman–Crippen LogP) is 1.17. The summed E-state index contributed by atoms with van der Waals surface area (Å²) in [5.41, 5.74) is 6.40. The molecule has 3 heterocycles. The van der Waals surface area contributed by atoms with Gasteiger partial charge in [0, 0.05) is 44.3 Å². The number of piperazine rings is 1. The van der Waals surface area contributed by atoms with Crippen molar-refractivity contribution < 1.29 is 8.42 Å². The van der Waals surface area contributed by atoms with Crippen LogP contribution in [0.25, 0.3) is 0 Å². The van der Waals surface area contributed by atoms with Gasteiger partial charge in [0.2, 0.25) is 0 Å². The second-order valence-corrected chi connectivity index (χ2v) is 8.63. The average Bonchev–Trinajstić information content (AvgIpc) is 3.19. The monoisotopic (exact) mass is 344 g/mol. The van der Waals surface area contributed by atoms with E-state index in [1.165, 1.54) is 11.3 Å². The molecular weight excluding hydrogens is 328 g/mol. The molecule has 9 heteroatoms. The van der Waals surface area contributed by atoms with Crippen LogP contribution in [0.5, 0.6) is 0 Å². The molecule has 0 aromatic carbocycles. The fourth-order valence-corrected chi connectivity index (χ4v) is 5.71. The Balaban J connectivity index is 1.71. The maximum absolute atomic E-state index is 12.6. The number of hydrogen-bond donors (Lipinski definition) is 1. The molecule has 0 atom stereocenters. The molecule has 1 fully saturated rings. The summed E-state index contributed by atoms with van der Waals surface area (Å²) >= 11 is 2.82. The van der Waals surface area contributed by atoms with Gasteiger partial charge in [0.15, 0.2) is 5.13 Å². The van der Waals surface area contributed by atoms with Crippen molar-refractivity contribution in [2.75, 3.05) is 31.1 Å². The van der Waals surface area contributed by atoms with Crippen LogP contribution in [-0.4, -0.2) is 43.9 Å². The van der Waals surface area contributed by atoms with E-state index in [1.54, 1.807) is 33.3 Å². The van der Waals surface area contributed by atoms with E-state index in [0.29, 0.717) is 36.9 Å². The highest BCUT2D eigenvalue weighted by atomic mass is 32.2. The molecule has 3 rings (SSSR count). The third-order valence-electron chi connectivity index (χ3n) is 3.39. The number of sulfonamides is 1. The summed E-state index contributed by atoms with van der Waals surface area (Å²) in [7, 11) is -3.39. The number of anilines is 1. The van der Waals surface area contributed by atoms with Gasteiger partial charge in [-0.1, -0.05) is 0 Å². The van der Waals surface area contributed by atoms with Crippen LogP contribution in [0, 0.1) is 0 Å². The number of nitrogens with zero attached hydrogens (tertiary/aromatic N) is 3. The molecule has 0 radical (unpaired) electrons. The Bertz CT molecular complexity index is 688. The Morgan fingerprint density at radius 3 is 2.57 bits per heavy atom. The van der Waals surface area contributed by atoms with Crippen molar-refractivity contribution in [1.29, 1.82) is 0 Å². The van der Waals surface area contributed by atoms with Crippen LogP contribution in [-0.2, 0) is 16.6 Å². The smallest absolute Gasteiger partial charge is 0.252 e. The number of thiophene rings is 1. The number of rotatable bonds is 4. The fourth-order valence-electron chi connectivity index (χ4n) is 2.21. The lowest BCUT2D eigenvalue weighted by Gasteiger charge is -2.33. The van der Waals surface area contributed by atoms with Gasteiger partial charge < -0.3 is 10.6 Å². The van der Waals surface area contributed by atoms with Crippen molar-refractivity contribution >= 4 is 37.8 Å². The highest BCUT2D eigenvalue weighted by molar-refractivity contribution is 7.91. The summed E-state index contributed by atoms with van der Waals surface area (Å²) in [6.45, 7) is 2.67. The maximum Gasteiger partial charge on any atom is 0.252 e. The highest BCUT2D eigenvalue weighted by Crippen LogP contribution is 2.26. The van der Waals surface area contributed by atoms with Gasteiger partial charge in [-0.15, -0.1) is 22.7 Å². The molecule has 2 aromatic heterocycles. The molecule has 1 saturated heterocycles. The van der Waals surface area contributed by atoms with Crippen LogP contribution >= 0.6 is 22.7 Å². The molecule has 6 nitrogen and oxygen atoms in total. The first kappa shape index (κ1) is 14.9. The molecule has 0 saturated carbocycles. The van der Waals surface area contributed by atoms with Gasteiger partial charge in [-0.25, -0.2) is 13.4 Å². The summed E-state index contributed by atoms with van der Waals surface area (Å²) in [6, 6.07) is 1.67. The van der Waals surface area contributed by atoms with Gasteiger partial charge in [-0.05, 0) is 17.0 Å². The first-order valence-electron chi connectivity index (χ1n) is 6.53. The summed E-state index contributed by atoms with van der Waals surface area (Å²) in [6.07, 6.45) is 1.77. The van der Waals surface area contributed by atoms with Gasteiger partial charge in [0.1, 0.15) is 4.21 Å². The lowest BCUT2D eigenvalue weighted by molar-refractivity contribution is 0.385. The number of aromatic nitrogens is 1. The number of nitrogens with two attached hydrogens (primary N) is 1. The molecule has 21 heavy (non-hydrogen) atoms. The molecule has 1 aliphatic heterocycles. The van der Waals surface area contributed by atoms with Gasteiger partial charge >= 0.3 is 0 Å². The van der Waals surface area contributed by atoms with E-state index in [0.717, 1.165) is 10.7 Å². The first-order chi connectivity index (χ1) is 10.1. The Morgan fingerprint density at radius 1 is 1.24 bits per heavy atom. The van der Waals surface area contributed by atoms with Crippen molar-refractivity contribution in [1.82, 2.24) is 9.29 Å². The Labute approximate surface area is 131 Å². The summed E-state index contributed by atoms with van der Waals surface area (Å²) in [5.74, 6) is 0. The third kappa shape index (κ3) is 2.97. The zero-order chi connectivity index (χ0) is 14.9. The normalized spacial score (nSPS) is 17.3. The second-order valence-electron chi connectivity index (χ2n) is 4.68. The first-order valence-corrected chi connectivity index (χ1v) is 9.73. The van der Waals surface area contributed by atoms with Crippen molar-refractivity contribution in [2.24, 2.45) is 5.73 Å². The van der Waals surface area contributed by atoms with Crippen molar-refractivity contribution in [3.8, 4) is 0 Å². The molecule has 0 spiro atoms. The van der Waals surface area contributed by atoms with Gasteiger partial charge in [-0.3, -0.25) is 0 Å². The van der Waals surface area contributed by atoms with Gasteiger partial charge in [0.25, 0.3) is 10.0 Å². The van der Waals surface area contributed by atoms with Crippen LogP contribution in [0.1, 0.15) is 5.56 Å². The molecule has 0 unspecified atom stereocenters. The standard InChI is InChI=1S/C12H16N4O2S3/c13-8-10-7-11(20-9-10)21(17,18)16-4-2-15(3-5-16)12-14-1-6-19-12/h1,6-7,9H,2-5,8,13H2. The lowest BCUT2D eigenvalue weighted by Crippen LogP contribution is -2.48. The number of thiazole rings is 1. The minimum absolute atomic E-state index is 0.365. The quantitative estimate of drug-likeness (QED) is 0.901. The van der Waals surface area contributed by atoms with Gasteiger partial charge in [0.05, 0.1) is 0 Å². The number of hydrogen-bond acceptors (Lipinski definition) is 7. The zero-order valence-electron chi connectivity index (χ0n) is 11.3. The molecule has 0 bridgehead atoms. The highest BCUT2D eigenvalue weighted by Gasteiger charge is 2.30.